The number of hydrogen-bond acceptors (Lipinski definition) is 4. The first-order valence-corrected chi connectivity index (χ1v) is 6.55. The van der Waals surface area contributed by atoms with Crippen molar-refractivity contribution >= 4 is 11.4 Å². The lowest BCUT2D eigenvalue weighted by Crippen LogP contribution is -2.24. The molecule has 1 N–H and O–H groups in total. The first-order valence-electron chi connectivity index (χ1n) is 6.55. The van der Waals surface area contributed by atoms with Crippen LogP contribution < -0.4 is 10.1 Å². The number of fused-ring (bicyclic) bond motifs is 1. The molecule has 0 aromatic heterocycles. The molecule has 0 spiro atoms. The highest BCUT2D eigenvalue weighted by atomic mass is 19.1. The molecular formula is C15H13FN2O3. The first kappa shape index (κ1) is 13.4. The zero-order chi connectivity index (χ0) is 14.8. The molecule has 1 aliphatic heterocycles. The Morgan fingerprint density at radius 3 is 2.90 bits per heavy atom. The average molecular weight is 288 g/mol. The second-order valence-electron chi connectivity index (χ2n) is 4.89. The largest absolute Gasteiger partial charge is 0.488 e. The quantitative estimate of drug-likeness (QED) is 0.693. The zero-order valence-corrected chi connectivity index (χ0v) is 11.1. The minimum atomic E-state index is -0.637. The van der Waals surface area contributed by atoms with Crippen LogP contribution in [0.25, 0.3) is 0 Å². The van der Waals surface area contributed by atoms with Crippen LogP contribution in [0.1, 0.15) is 5.56 Å². The maximum Gasteiger partial charge on any atom is 0.274 e. The number of non-ortho nitro benzene ring substituents is 1. The SMILES string of the molecule is O=[N+]([O-])c1cc(F)cc(NCC2Cc3ccccc3O2)c1. The van der Waals surface area contributed by atoms with Crippen LogP contribution in [-0.2, 0) is 6.42 Å². The van der Waals surface area contributed by atoms with Gasteiger partial charge in [-0.15, -0.1) is 0 Å². The molecule has 0 bridgehead atoms. The van der Waals surface area contributed by atoms with Crippen molar-refractivity contribution in [2.45, 2.75) is 12.5 Å². The number of ether oxygens (including phenoxy) is 1. The molecule has 1 aliphatic rings. The monoisotopic (exact) mass is 288 g/mol. The van der Waals surface area contributed by atoms with Gasteiger partial charge in [0.05, 0.1) is 17.5 Å². The van der Waals surface area contributed by atoms with Crippen molar-refractivity contribution in [3.63, 3.8) is 0 Å². The van der Waals surface area contributed by atoms with Crippen LogP contribution >= 0.6 is 0 Å². The number of para-hydroxylation sites is 1. The van der Waals surface area contributed by atoms with E-state index < -0.39 is 10.7 Å². The molecule has 5 nitrogen and oxygen atoms in total. The molecule has 2 aromatic rings. The van der Waals surface area contributed by atoms with Crippen molar-refractivity contribution < 1.29 is 14.1 Å². The molecule has 1 atom stereocenters. The van der Waals surface area contributed by atoms with Gasteiger partial charge in [0, 0.05) is 18.2 Å². The van der Waals surface area contributed by atoms with Crippen molar-refractivity contribution in [3.8, 4) is 5.75 Å². The molecule has 2 aromatic carbocycles. The smallest absolute Gasteiger partial charge is 0.274 e. The Morgan fingerprint density at radius 2 is 2.14 bits per heavy atom. The number of nitrogens with zero attached hydrogens (tertiary/aromatic N) is 1. The molecule has 0 saturated heterocycles. The molecule has 0 saturated carbocycles. The number of halogens is 1. The van der Waals surface area contributed by atoms with Crippen LogP contribution in [0, 0.1) is 15.9 Å². The van der Waals surface area contributed by atoms with Gasteiger partial charge in [0.1, 0.15) is 17.7 Å². The molecule has 0 amide bonds. The molecule has 108 valence electrons. The van der Waals surface area contributed by atoms with Gasteiger partial charge in [0.25, 0.3) is 5.69 Å². The highest BCUT2D eigenvalue weighted by Crippen LogP contribution is 2.28. The summed E-state index contributed by atoms with van der Waals surface area (Å²) in [6.07, 6.45) is 0.699. The van der Waals surface area contributed by atoms with E-state index in [0.29, 0.717) is 12.2 Å². The van der Waals surface area contributed by atoms with Gasteiger partial charge in [-0.25, -0.2) is 4.39 Å². The third-order valence-electron chi connectivity index (χ3n) is 3.34. The van der Waals surface area contributed by atoms with E-state index in [2.05, 4.69) is 5.32 Å². The van der Waals surface area contributed by atoms with Crippen LogP contribution in [0.3, 0.4) is 0 Å². The number of nitro benzene ring substituents is 1. The summed E-state index contributed by atoms with van der Waals surface area (Å²) in [5.74, 6) is 0.219. The van der Waals surface area contributed by atoms with Crippen molar-refractivity contribution in [3.05, 3.63) is 64.0 Å². The summed E-state index contributed by atoms with van der Waals surface area (Å²) in [5, 5.41) is 13.7. The van der Waals surface area contributed by atoms with Gasteiger partial charge >= 0.3 is 0 Å². The summed E-state index contributed by atoms with van der Waals surface area (Å²) < 4.78 is 19.1. The fourth-order valence-electron chi connectivity index (χ4n) is 2.38. The average Bonchev–Trinajstić information content (AvgIpc) is 2.87. The summed E-state index contributed by atoms with van der Waals surface area (Å²) in [4.78, 5) is 10.1. The topological polar surface area (TPSA) is 64.4 Å². The van der Waals surface area contributed by atoms with Gasteiger partial charge in [-0.1, -0.05) is 18.2 Å². The molecule has 0 radical (unpaired) electrons. The van der Waals surface area contributed by atoms with E-state index in [1.54, 1.807) is 0 Å². The number of nitrogens with one attached hydrogen (secondary N) is 1. The fourth-order valence-corrected chi connectivity index (χ4v) is 2.38. The first-order chi connectivity index (χ1) is 10.1. The zero-order valence-electron chi connectivity index (χ0n) is 11.1. The van der Waals surface area contributed by atoms with Crippen molar-refractivity contribution in [1.82, 2.24) is 0 Å². The van der Waals surface area contributed by atoms with E-state index in [-0.39, 0.29) is 11.8 Å². The minimum absolute atomic E-state index is 0.0651. The molecule has 0 aliphatic carbocycles. The number of anilines is 1. The van der Waals surface area contributed by atoms with E-state index in [4.69, 9.17) is 4.74 Å². The predicted molar refractivity (Wildman–Crippen MR) is 76.1 cm³/mol. The van der Waals surface area contributed by atoms with Gasteiger partial charge in [0.2, 0.25) is 0 Å². The van der Waals surface area contributed by atoms with Gasteiger partial charge in [-0.3, -0.25) is 10.1 Å². The Morgan fingerprint density at radius 1 is 1.33 bits per heavy atom. The maximum absolute atomic E-state index is 13.3. The number of rotatable bonds is 4. The minimum Gasteiger partial charge on any atom is -0.488 e. The lowest BCUT2D eigenvalue weighted by atomic mass is 10.1. The van der Waals surface area contributed by atoms with Crippen LogP contribution in [0.2, 0.25) is 0 Å². The molecule has 3 rings (SSSR count). The molecule has 0 fully saturated rings. The van der Waals surface area contributed by atoms with E-state index in [0.717, 1.165) is 23.8 Å². The highest BCUT2D eigenvalue weighted by Gasteiger charge is 2.22. The van der Waals surface area contributed by atoms with E-state index in [1.807, 2.05) is 24.3 Å². The van der Waals surface area contributed by atoms with E-state index >= 15 is 0 Å². The van der Waals surface area contributed by atoms with Gasteiger partial charge < -0.3 is 10.1 Å². The van der Waals surface area contributed by atoms with E-state index in [9.17, 15) is 14.5 Å². The normalized spacial score (nSPS) is 16.1. The van der Waals surface area contributed by atoms with Gasteiger partial charge in [-0.2, -0.15) is 0 Å². The number of hydrogen-bond donors (Lipinski definition) is 1. The van der Waals surface area contributed by atoms with Gasteiger partial charge in [-0.05, 0) is 17.7 Å². The number of benzene rings is 2. The van der Waals surface area contributed by atoms with Crippen LogP contribution in [0.15, 0.2) is 42.5 Å². The Balaban J connectivity index is 1.65. The van der Waals surface area contributed by atoms with Crippen molar-refractivity contribution in [2.75, 3.05) is 11.9 Å². The Kier molecular flexibility index (Phi) is 3.43. The predicted octanol–water partition coefficient (Wildman–Crippen LogP) is 3.15. The summed E-state index contributed by atoms with van der Waals surface area (Å²) in [5.41, 5.74) is 1.24. The Labute approximate surface area is 120 Å². The highest BCUT2D eigenvalue weighted by molar-refractivity contribution is 5.51. The third-order valence-corrected chi connectivity index (χ3v) is 3.34. The summed E-state index contributed by atoms with van der Waals surface area (Å²) in [6.45, 7) is 0.454. The summed E-state index contributed by atoms with van der Waals surface area (Å²) >= 11 is 0. The van der Waals surface area contributed by atoms with Crippen molar-refractivity contribution in [1.29, 1.82) is 0 Å². The Bertz CT molecular complexity index is 665. The summed E-state index contributed by atoms with van der Waals surface area (Å²) in [7, 11) is 0. The second-order valence-corrected chi connectivity index (χ2v) is 4.89. The van der Waals surface area contributed by atoms with E-state index in [1.165, 1.54) is 12.1 Å². The third kappa shape index (κ3) is 2.94. The molecular weight excluding hydrogens is 275 g/mol. The Hall–Kier alpha value is -2.63. The second kappa shape index (κ2) is 5.40. The number of nitro groups is 1. The van der Waals surface area contributed by atoms with Gasteiger partial charge in [0.15, 0.2) is 0 Å². The molecule has 21 heavy (non-hydrogen) atoms. The lowest BCUT2D eigenvalue weighted by Gasteiger charge is -2.12. The lowest BCUT2D eigenvalue weighted by molar-refractivity contribution is -0.385. The van der Waals surface area contributed by atoms with Crippen LogP contribution in [0.5, 0.6) is 5.75 Å². The molecule has 6 heteroatoms. The van der Waals surface area contributed by atoms with Crippen molar-refractivity contribution in [2.24, 2.45) is 0 Å². The standard InChI is InChI=1S/C15H13FN2O3/c16-11-6-12(8-13(7-11)18(19)20)17-9-14-5-10-3-1-2-4-15(10)21-14/h1-4,6-8,14,17H,5,9H2. The summed E-state index contributed by atoms with van der Waals surface area (Å²) in [6, 6.07) is 11.2. The van der Waals surface area contributed by atoms with Crippen LogP contribution in [0.4, 0.5) is 15.8 Å². The fraction of sp³-hybridized carbons (Fsp3) is 0.200. The maximum atomic E-state index is 13.3. The molecule has 1 unspecified atom stereocenters. The van der Waals surface area contributed by atoms with Crippen LogP contribution in [-0.4, -0.2) is 17.6 Å². The molecule has 1 heterocycles.